The molecule has 0 aliphatic rings. The van der Waals surface area contributed by atoms with E-state index >= 15 is 0 Å². The maximum atomic E-state index is 11.5. The van der Waals surface area contributed by atoms with Crippen LogP contribution in [0.3, 0.4) is 0 Å². The third-order valence-corrected chi connectivity index (χ3v) is 3.04. The molecule has 0 amide bonds. The van der Waals surface area contributed by atoms with Gasteiger partial charge in [-0.05, 0) is 34.0 Å². The monoisotopic (exact) mass is 216 g/mol. The molecular weight excluding hydrogens is 204 g/mol. The van der Waals surface area contributed by atoms with E-state index in [0.29, 0.717) is 6.42 Å². The summed E-state index contributed by atoms with van der Waals surface area (Å²) in [5.74, 6) is 0.201. The first-order valence-electron chi connectivity index (χ1n) is 4.97. The van der Waals surface area contributed by atoms with E-state index in [-0.39, 0.29) is 5.78 Å². The number of thiophene rings is 1. The van der Waals surface area contributed by atoms with Crippen molar-refractivity contribution >= 4 is 17.1 Å². The third kappa shape index (κ3) is 2.16. The minimum absolute atomic E-state index is 0.201. The highest BCUT2D eigenvalue weighted by atomic mass is 32.1. The Morgan fingerprint density at radius 1 is 1.27 bits per heavy atom. The average molecular weight is 216 g/mol. The van der Waals surface area contributed by atoms with Crippen LogP contribution in [-0.2, 0) is 0 Å². The predicted octanol–water partition coefficient (Wildman–Crippen LogP) is 4.01. The smallest absolute Gasteiger partial charge is 0.162 e. The summed E-state index contributed by atoms with van der Waals surface area (Å²) in [6.45, 7) is 1.89. The fourth-order valence-electron chi connectivity index (χ4n) is 1.51. The molecule has 2 rings (SSSR count). The molecular formula is C13H12OS. The Morgan fingerprint density at radius 3 is 2.80 bits per heavy atom. The van der Waals surface area contributed by atoms with Gasteiger partial charge in [0, 0.05) is 12.0 Å². The molecule has 1 aromatic carbocycles. The second kappa shape index (κ2) is 4.41. The van der Waals surface area contributed by atoms with Crippen molar-refractivity contribution in [3.05, 3.63) is 46.7 Å². The van der Waals surface area contributed by atoms with Gasteiger partial charge in [0.1, 0.15) is 0 Å². The van der Waals surface area contributed by atoms with Crippen molar-refractivity contribution in [1.82, 2.24) is 0 Å². The summed E-state index contributed by atoms with van der Waals surface area (Å²) in [6, 6.07) is 9.89. The lowest BCUT2D eigenvalue weighted by Gasteiger charge is -2.01. The molecule has 0 fully saturated rings. The van der Waals surface area contributed by atoms with Crippen molar-refractivity contribution in [2.75, 3.05) is 0 Å². The highest BCUT2D eigenvalue weighted by molar-refractivity contribution is 7.08. The largest absolute Gasteiger partial charge is 0.294 e. The molecule has 0 radical (unpaired) electrons. The van der Waals surface area contributed by atoms with Gasteiger partial charge < -0.3 is 0 Å². The number of benzene rings is 1. The van der Waals surface area contributed by atoms with Crippen molar-refractivity contribution in [3.8, 4) is 11.1 Å². The number of Topliss-reactive ketones (excluding diaryl/α,β-unsaturated/α-hetero) is 1. The van der Waals surface area contributed by atoms with Gasteiger partial charge in [-0.3, -0.25) is 4.79 Å². The van der Waals surface area contributed by atoms with Crippen LogP contribution in [0.5, 0.6) is 0 Å². The summed E-state index contributed by atoms with van der Waals surface area (Å²) < 4.78 is 0. The van der Waals surface area contributed by atoms with E-state index in [1.54, 1.807) is 11.3 Å². The molecule has 0 aliphatic heterocycles. The fraction of sp³-hybridized carbons (Fsp3) is 0.154. The maximum Gasteiger partial charge on any atom is 0.162 e. The first-order valence-corrected chi connectivity index (χ1v) is 5.91. The van der Waals surface area contributed by atoms with Crippen LogP contribution in [0.1, 0.15) is 23.7 Å². The van der Waals surface area contributed by atoms with Crippen LogP contribution in [0.15, 0.2) is 41.1 Å². The highest BCUT2D eigenvalue weighted by Crippen LogP contribution is 2.23. The predicted molar refractivity (Wildman–Crippen MR) is 64.4 cm³/mol. The highest BCUT2D eigenvalue weighted by Gasteiger charge is 2.04. The quantitative estimate of drug-likeness (QED) is 0.708. The van der Waals surface area contributed by atoms with Gasteiger partial charge >= 0.3 is 0 Å². The first-order chi connectivity index (χ1) is 7.31. The molecule has 0 spiro atoms. The van der Waals surface area contributed by atoms with E-state index in [2.05, 4.69) is 11.4 Å². The maximum absolute atomic E-state index is 11.5. The van der Waals surface area contributed by atoms with Gasteiger partial charge in [-0.25, -0.2) is 0 Å². The topological polar surface area (TPSA) is 17.1 Å². The standard InChI is InChI=1S/C13H12OS/c1-2-13(14)11-5-3-4-10(8-11)12-6-7-15-9-12/h3-9H,2H2,1H3. The van der Waals surface area contributed by atoms with Gasteiger partial charge in [0.2, 0.25) is 0 Å². The number of carbonyl (C=O) groups is 1. The average Bonchev–Trinajstić information content (AvgIpc) is 2.82. The molecule has 0 N–H and O–H groups in total. The molecule has 1 aromatic heterocycles. The first kappa shape index (κ1) is 10.1. The van der Waals surface area contributed by atoms with E-state index < -0.39 is 0 Å². The van der Waals surface area contributed by atoms with Gasteiger partial charge in [-0.1, -0.05) is 25.1 Å². The Morgan fingerprint density at radius 2 is 2.13 bits per heavy atom. The molecule has 2 heteroatoms. The van der Waals surface area contributed by atoms with E-state index in [1.807, 2.05) is 36.6 Å². The van der Waals surface area contributed by atoms with Gasteiger partial charge in [0.25, 0.3) is 0 Å². The number of carbonyl (C=O) groups excluding carboxylic acids is 1. The van der Waals surface area contributed by atoms with Crippen molar-refractivity contribution in [3.63, 3.8) is 0 Å². The van der Waals surface area contributed by atoms with Crippen LogP contribution in [0.2, 0.25) is 0 Å². The van der Waals surface area contributed by atoms with E-state index in [9.17, 15) is 4.79 Å². The third-order valence-electron chi connectivity index (χ3n) is 2.36. The lowest BCUT2D eigenvalue weighted by atomic mass is 10.0. The summed E-state index contributed by atoms with van der Waals surface area (Å²) in [5, 5.41) is 4.14. The van der Waals surface area contributed by atoms with Crippen LogP contribution in [0, 0.1) is 0 Å². The molecule has 2 aromatic rings. The van der Waals surface area contributed by atoms with E-state index in [4.69, 9.17) is 0 Å². The summed E-state index contributed by atoms with van der Waals surface area (Å²) in [7, 11) is 0. The van der Waals surface area contributed by atoms with E-state index in [1.165, 1.54) is 5.56 Å². The normalized spacial score (nSPS) is 10.2. The van der Waals surface area contributed by atoms with Gasteiger partial charge in [-0.15, -0.1) is 0 Å². The Kier molecular flexibility index (Phi) is 2.97. The Bertz CT molecular complexity index is 457. The van der Waals surface area contributed by atoms with Crippen LogP contribution in [-0.4, -0.2) is 5.78 Å². The molecule has 0 saturated carbocycles. The zero-order valence-corrected chi connectivity index (χ0v) is 9.38. The van der Waals surface area contributed by atoms with Gasteiger partial charge in [0.15, 0.2) is 5.78 Å². The number of rotatable bonds is 3. The lowest BCUT2D eigenvalue weighted by Crippen LogP contribution is -1.95. The second-order valence-corrected chi connectivity index (χ2v) is 4.15. The van der Waals surface area contributed by atoms with Gasteiger partial charge in [-0.2, -0.15) is 11.3 Å². The minimum atomic E-state index is 0.201. The fourth-order valence-corrected chi connectivity index (χ4v) is 2.17. The summed E-state index contributed by atoms with van der Waals surface area (Å²) in [5.41, 5.74) is 3.11. The van der Waals surface area contributed by atoms with Crippen molar-refractivity contribution in [1.29, 1.82) is 0 Å². The molecule has 0 saturated heterocycles. The zero-order chi connectivity index (χ0) is 10.7. The van der Waals surface area contributed by atoms with E-state index in [0.717, 1.165) is 11.1 Å². The molecule has 15 heavy (non-hydrogen) atoms. The molecule has 0 bridgehead atoms. The Balaban J connectivity index is 2.39. The molecule has 0 aliphatic carbocycles. The van der Waals surface area contributed by atoms with Crippen LogP contribution >= 0.6 is 11.3 Å². The molecule has 0 atom stereocenters. The number of hydrogen-bond donors (Lipinski definition) is 0. The molecule has 76 valence electrons. The molecule has 1 heterocycles. The van der Waals surface area contributed by atoms with Crippen LogP contribution < -0.4 is 0 Å². The summed E-state index contributed by atoms with van der Waals surface area (Å²) in [4.78, 5) is 11.5. The molecule has 0 unspecified atom stereocenters. The number of hydrogen-bond acceptors (Lipinski definition) is 2. The zero-order valence-electron chi connectivity index (χ0n) is 8.57. The second-order valence-electron chi connectivity index (χ2n) is 3.37. The summed E-state index contributed by atoms with van der Waals surface area (Å²) >= 11 is 1.67. The number of ketones is 1. The van der Waals surface area contributed by atoms with Crippen LogP contribution in [0.4, 0.5) is 0 Å². The van der Waals surface area contributed by atoms with Crippen LogP contribution in [0.25, 0.3) is 11.1 Å². The minimum Gasteiger partial charge on any atom is -0.294 e. The summed E-state index contributed by atoms with van der Waals surface area (Å²) in [6.07, 6.45) is 0.563. The Hall–Kier alpha value is -1.41. The SMILES string of the molecule is CCC(=O)c1cccc(-c2ccsc2)c1. The van der Waals surface area contributed by atoms with Crippen molar-refractivity contribution in [2.45, 2.75) is 13.3 Å². The van der Waals surface area contributed by atoms with Gasteiger partial charge in [0.05, 0.1) is 0 Å². The molecule has 1 nitrogen and oxygen atoms in total. The van der Waals surface area contributed by atoms with Crippen molar-refractivity contribution in [2.24, 2.45) is 0 Å². The Labute approximate surface area is 93.4 Å². The lowest BCUT2D eigenvalue weighted by molar-refractivity contribution is 0.0988. The van der Waals surface area contributed by atoms with Crippen molar-refractivity contribution < 1.29 is 4.79 Å².